The molecule has 0 aliphatic heterocycles. The number of ether oxygens (including phenoxy) is 2. The minimum atomic E-state index is 0.324. The number of nitrogen functional groups attached to an aromatic ring is 1. The van der Waals surface area contributed by atoms with Crippen molar-refractivity contribution in [3.63, 3.8) is 0 Å². The Balaban J connectivity index is 2.21. The molecular weight excluding hydrogens is 254 g/mol. The Morgan fingerprint density at radius 3 is 2.65 bits per heavy atom. The fraction of sp³-hybridized carbons (Fsp3) is 0.333. The number of benzene rings is 1. The van der Waals surface area contributed by atoms with E-state index in [1.54, 1.807) is 6.07 Å². The van der Waals surface area contributed by atoms with Gasteiger partial charge in [0.05, 0.1) is 0 Å². The highest BCUT2D eigenvalue weighted by molar-refractivity contribution is 5.40. The molecule has 0 saturated carbocycles. The van der Waals surface area contributed by atoms with Gasteiger partial charge in [-0.25, -0.2) is 4.98 Å². The number of aromatic nitrogens is 2. The van der Waals surface area contributed by atoms with Gasteiger partial charge in [-0.2, -0.15) is 4.98 Å². The molecule has 0 fully saturated rings. The first-order chi connectivity index (χ1) is 9.58. The van der Waals surface area contributed by atoms with Crippen LogP contribution in [0.2, 0.25) is 0 Å². The molecule has 0 saturated heterocycles. The predicted octanol–water partition coefficient (Wildman–Crippen LogP) is 3.00. The number of hydrogen-bond donors (Lipinski definition) is 1. The minimum Gasteiger partial charge on any atom is -0.439 e. The van der Waals surface area contributed by atoms with E-state index < -0.39 is 0 Å². The summed E-state index contributed by atoms with van der Waals surface area (Å²) in [6, 6.07) is 7.58. The molecule has 1 heterocycles. The van der Waals surface area contributed by atoms with Crippen LogP contribution < -0.4 is 10.5 Å². The van der Waals surface area contributed by atoms with Crippen LogP contribution in [0, 0.1) is 13.8 Å². The molecule has 2 aromatic rings. The molecule has 2 N–H and O–H groups in total. The van der Waals surface area contributed by atoms with Crippen molar-refractivity contribution < 1.29 is 9.47 Å². The Morgan fingerprint density at radius 2 is 1.95 bits per heavy atom. The summed E-state index contributed by atoms with van der Waals surface area (Å²) in [4.78, 5) is 8.40. The summed E-state index contributed by atoms with van der Waals surface area (Å²) in [6.45, 7) is 6.88. The second-order valence-corrected chi connectivity index (χ2v) is 4.56. The van der Waals surface area contributed by atoms with Crippen LogP contribution in [-0.2, 0) is 11.3 Å². The molecule has 0 radical (unpaired) electrons. The van der Waals surface area contributed by atoms with Crippen LogP contribution in [0.1, 0.15) is 23.9 Å². The zero-order chi connectivity index (χ0) is 14.5. The fourth-order valence-corrected chi connectivity index (χ4v) is 1.83. The maximum absolute atomic E-state index is 5.78. The summed E-state index contributed by atoms with van der Waals surface area (Å²) in [6.07, 6.45) is 0. The van der Waals surface area contributed by atoms with Crippen molar-refractivity contribution in [2.75, 3.05) is 12.3 Å². The first-order valence-corrected chi connectivity index (χ1v) is 6.54. The summed E-state index contributed by atoms with van der Waals surface area (Å²) in [5.74, 6) is 2.08. The summed E-state index contributed by atoms with van der Waals surface area (Å²) >= 11 is 0. The Labute approximate surface area is 118 Å². The molecule has 1 aromatic heterocycles. The predicted molar refractivity (Wildman–Crippen MR) is 77.8 cm³/mol. The summed E-state index contributed by atoms with van der Waals surface area (Å²) in [7, 11) is 0. The van der Waals surface area contributed by atoms with Crippen LogP contribution in [-0.4, -0.2) is 16.6 Å². The largest absolute Gasteiger partial charge is 0.439 e. The van der Waals surface area contributed by atoms with Gasteiger partial charge in [0.1, 0.15) is 18.2 Å². The Kier molecular flexibility index (Phi) is 4.53. The third kappa shape index (κ3) is 3.68. The highest BCUT2D eigenvalue weighted by atomic mass is 16.5. The average Bonchev–Trinajstić information content (AvgIpc) is 2.39. The van der Waals surface area contributed by atoms with Crippen molar-refractivity contribution in [3.05, 3.63) is 41.2 Å². The molecule has 1 aromatic carbocycles. The number of hydrogen-bond acceptors (Lipinski definition) is 5. The highest BCUT2D eigenvalue weighted by Gasteiger charge is 2.07. The van der Waals surface area contributed by atoms with Gasteiger partial charge in [-0.3, -0.25) is 0 Å². The fourth-order valence-electron chi connectivity index (χ4n) is 1.83. The first kappa shape index (κ1) is 14.3. The van der Waals surface area contributed by atoms with Crippen molar-refractivity contribution >= 4 is 5.82 Å². The van der Waals surface area contributed by atoms with Crippen LogP contribution in [0.15, 0.2) is 24.3 Å². The molecule has 0 bridgehead atoms. The molecule has 0 atom stereocenters. The van der Waals surface area contributed by atoms with Crippen molar-refractivity contribution in [1.29, 1.82) is 0 Å². The summed E-state index contributed by atoms with van der Waals surface area (Å²) < 4.78 is 11.1. The third-order valence-corrected chi connectivity index (χ3v) is 2.75. The van der Waals surface area contributed by atoms with Crippen LogP contribution in [0.25, 0.3) is 0 Å². The average molecular weight is 273 g/mol. The van der Waals surface area contributed by atoms with Gasteiger partial charge in [-0.1, -0.05) is 17.7 Å². The SMILES string of the molecule is CCOCc1nc(N)cc(Oc2ccc(C)cc2C)n1. The van der Waals surface area contributed by atoms with E-state index >= 15 is 0 Å². The van der Waals surface area contributed by atoms with Gasteiger partial charge in [-0.15, -0.1) is 0 Å². The van der Waals surface area contributed by atoms with Gasteiger partial charge >= 0.3 is 0 Å². The van der Waals surface area contributed by atoms with Gasteiger partial charge in [-0.05, 0) is 32.4 Å². The molecule has 106 valence electrons. The van der Waals surface area contributed by atoms with Gasteiger partial charge in [0, 0.05) is 12.7 Å². The molecular formula is C15H19N3O2. The molecule has 0 unspecified atom stereocenters. The third-order valence-electron chi connectivity index (χ3n) is 2.75. The topological polar surface area (TPSA) is 70.3 Å². The van der Waals surface area contributed by atoms with Gasteiger partial charge in [0.15, 0.2) is 5.82 Å². The van der Waals surface area contributed by atoms with E-state index in [-0.39, 0.29) is 0 Å². The van der Waals surface area contributed by atoms with E-state index in [2.05, 4.69) is 16.0 Å². The number of nitrogens with two attached hydrogens (primary N) is 1. The molecule has 20 heavy (non-hydrogen) atoms. The van der Waals surface area contributed by atoms with Crippen molar-refractivity contribution in [2.24, 2.45) is 0 Å². The van der Waals surface area contributed by atoms with E-state index in [0.717, 1.165) is 11.3 Å². The second kappa shape index (κ2) is 6.34. The van der Waals surface area contributed by atoms with Crippen LogP contribution in [0.4, 0.5) is 5.82 Å². The molecule has 5 heteroatoms. The lowest BCUT2D eigenvalue weighted by atomic mass is 10.1. The van der Waals surface area contributed by atoms with E-state index in [4.69, 9.17) is 15.2 Å². The van der Waals surface area contributed by atoms with E-state index in [9.17, 15) is 0 Å². The Hall–Kier alpha value is -2.14. The molecule has 2 rings (SSSR count). The number of nitrogens with zero attached hydrogens (tertiary/aromatic N) is 2. The first-order valence-electron chi connectivity index (χ1n) is 6.54. The minimum absolute atomic E-state index is 0.324. The molecule has 0 amide bonds. The van der Waals surface area contributed by atoms with Crippen molar-refractivity contribution in [3.8, 4) is 11.6 Å². The maximum atomic E-state index is 5.78. The van der Waals surface area contributed by atoms with Gasteiger partial charge in [0.25, 0.3) is 0 Å². The highest BCUT2D eigenvalue weighted by Crippen LogP contribution is 2.25. The molecule has 0 aliphatic rings. The zero-order valence-corrected chi connectivity index (χ0v) is 12.0. The van der Waals surface area contributed by atoms with Crippen molar-refractivity contribution in [1.82, 2.24) is 9.97 Å². The van der Waals surface area contributed by atoms with Crippen LogP contribution in [0.5, 0.6) is 11.6 Å². The lowest BCUT2D eigenvalue weighted by Gasteiger charge is -2.10. The summed E-state index contributed by atoms with van der Waals surface area (Å²) in [5, 5.41) is 0. The monoisotopic (exact) mass is 273 g/mol. The van der Waals surface area contributed by atoms with E-state index in [1.807, 2.05) is 32.9 Å². The second-order valence-electron chi connectivity index (χ2n) is 4.56. The van der Waals surface area contributed by atoms with E-state index in [1.165, 1.54) is 5.56 Å². The number of anilines is 1. The summed E-state index contributed by atoms with van der Waals surface area (Å²) in [5.41, 5.74) is 8.00. The Morgan fingerprint density at radius 1 is 1.15 bits per heavy atom. The molecule has 5 nitrogen and oxygen atoms in total. The quantitative estimate of drug-likeness (QED) is 0.906. The Bertz CT molecular complexity index is 600. The lowest BCUT2D eigenvalue weighted by Crippen LogP contribution is -2.04. The maximum Gasteiger partial charge on any atom is 0.224 e. The standard InChI is InChI=1S/C15H19N3O2/c1-4-19-9-14-17-13(16)8-15(18-14)20-12-6-5-10(2)7-11(12)3/h5-8H,4,9H2,1-3H3,(H2,16,17,18). The molecule has 0 spiro atoms. The zero-order valence-electron chi connectivity index (χ0n) is 12.0. The number of aryl methyl sites for hydroxylation is 2. The van der Waals surface area contributed by atoms with Gasteiger partial charge < -0.3 is 15.2 Å². The number of rotatable bonds is 5. The van der Waals surface area contributed by atoms with Gasteiger partial charge in [0.2, 0.25) is 5.88 Å². The lowest BCUT2D eigenvalue weighted by molar-refractivity contribution is 0.128. The van der Waals surface area contributed by atoms with Crippen LogP contribution >= 0.6 is 0 Å². The van der Waals surface area contributed by atoms with E-state index in [0.29, 0.717) is 30.7 Å². The van der Waals surface area contributed by atoms with Crippen LogP contribution in [0.3, 0.4) is 0 Å². The smallest absolute Gasteiger partial charge is 0.224 e. The normalized spacial score (nSPS) is 10.6. The van der Waals surface area contributed by atoms with Crippen molar-refractivity contribution in [2.45, 2.75) is 27.4 Å². The molecule has 0 aliphatic carbocycles.